The van der Waals surface area contributed by atoms with Crippen molar-refractivity contribution >= 4 is 11.5 Å². The molecule has 0 radical (unpaired) electrons. The number of nitro benzene ring substituents is 1. The molecule has 0 fully saturated rings. The van der Waals surface area contributed by atoms with E-state index in [1.54, 1.807) is 12.1 Å². The van der Waals surface area contributed by atoms with Crippen LogP contribution in [-0.4, -0.2) is 10.7 Å². The van der Waals surface area contributed by atoms with Crippen LogP contribution >= 0.6 is 0 Å². The zero-order valence-corrected chi connectivity index (χ0v) is 13.9. The van der Waals surface area contributed by atoms with Gasteiger partial charge in [-0.3, -0.25) is 14.9 Å². The van der Waals surface area contributed by atoms with Gasteiger partial charge in [0.1, 0.15) is 11.8 Å². The number of benzene rings is 1. The topological polar surface area (TPSA) is 119 Å². The summed E-state index contributed by atoms with van der Waals surface area (Å²) in [6.45, 7) is 3.88. The van der Waals surface area contributed by atoms with Crippen molar-refractivity contribution in [3.8, 4) is 6.07 Å². The van der Waals surface area contributed by atoms with Crippen molar-refractivity contribution in [2.75, 3.05) is 0 Å². The van der Waals surface area contributed by atoms with Crippen LogP contribution < -0.4 is 5.73 Å². The number of allylic oxidation sites excluding steroid dienone is 2. The summed E-state index contributed by atoms with van der Waals surface area (Å²) in [4.78, 5) is 23.3. The Labute approximate surface area is 144 Å². The molecule has 1 atom stereocenters. The lowest BCUT2D eigenvalue weighted by Crippen LogP contribution is -2.33. The molecule has 7 heteroatoms. The average molecular weight is 339 g/mol. The van der Waals surface area contributed by atoms with Crippen molar-refractivity contribution < 1.29 is 14.5 Å². The molecule has 0 aromatic heterocycles. The predicted octanol–water partition coefficient (Wildman–Crippen LogP) is 3.05. The van der Waals surface area contributed by atoms with Crippen molar-refractivity contribution in [2.24, 2.45) is 11.1 Å². The number of nitro groups is 1. The number of ether oxygens (including phenoxy) is 1. The smallest absolute Gasteiger partial charge is 0.276 e. The second-order valence-electron chi connectivity index (χ2n) is 6.99. The summed E-state index contributed by atoms with van der Waals surface area (Å²) >= 11 is 0. The van der Waals surface area contributed by atoms with E-state index >= 15 is 0 Å². The fraction of sp³-hybridized carbons (Fsp3) is 0.333. The number of rotatable bonds is 2. The van der Waals surface area contributed by atoms with E-state index in [1.807, 2.05) is 19.9 Å². The van der Waals surface area contributed by atoms with Gasteiger partial charge in [0.15, 0.2) is 11.9 Å². The van der Waals surface area contributed by atoms with Crippen LogP contribution in [0.5, 0.6) is 0 Å². The first-order valence-electron chi connectivity index (χ1n) is 7.81. The number of nitrogens with two attached hydrogens (primary N) is 1. The highest BCUT2D eigenvalue weighted by Gasteiger charge is 2.42. The van der Waals surface area contributed by atoms with Crippen LogP contribution in [0, 0.1) is 26.9 Å². The van der Waals surface area contributed by atoms with Gasteiger partial charge in [0.05, 0.1) is 27.3 Å². The van der Waals surface area contributed by atoms with Crippen molar-refractivity contribution in [3.63, 3.8) is 0 Å². The van der Waals surface area contributed by atoms with E-state index in [2.05, 4.69) is 0 Å². The van der Waals surface area contributed by atoms with E-state index < -0.39 is 11.0 Å². The summed E-state index contributed by atoms with van der Waals surface area (Å²) in [7, 11) is 0. The third-order valence-electron chi connectivity index (χ3n) is 4.45. The van der Waals surface area contributed by atoms with Crippen LogP contribution in [-0.2, 0) is 9.53 Å². The monoisotopic (exact) mass is 339 g/mol. The van der Waals surface area contributed by atoms with Gasteiger partial charge < -0.3 is 10.5 Å². The molecule has 0 saturated heterocycles. The van der Waals surface area contributed by atoms with E-state index in [4.69, 9.17) is 10.5 Å². The van der Waals surface area contributed by atoms with Gasteiger partial charge in [-0.1, -0.05) is 26.0 Å². The maximum absolute atomic E-state index is 12.5. The number of hydrogen-bond acceptors (Lipinski definition) is 6. The van der Waals surface area contributed by atoms with Gasteiger partial charge in [0, 0.05) is 18.9 Å². The Morgan fingerprint density at radius 2 is 2.04 bits per heavy atom. The van der Waals surface area contributed by atoms with Gasteiger partial charge in [-0.05, 0) is 11.5 Å². The van der Waals surface area contributed by atoms with Crippen LogP contribution in [0.2, 0.25) is 0 Å². The molecule has 0 amide bonds. The lowest BCUT2D eigenvalue weighted by Gasteiger charge is -2.36. The Morgan fingerprint density at radius 1 is 1.36 bits per heavy atom. The number of para-hydroxylation sites is 1. The highest BCUT2D eigenvalue weighted by atomic mass is 16.6. The lowest BCUT2D eigenvalue weighted by atomic mass is 9.74. The molecule has 1 aromatic rings. The normalized spacial score (nSPS) is 22.1. The van der Waals surface area contributed by atoms with E-state index in [-0.39, 0.29) is 39.3 Å². The minimum atomic E-state index is -0.993. The zero-order chi connectivity index (χ0) is 18.4. The fourth-order valence-corrected chi connectivity index (χ4v) is 3.36. The van der Waals surface area contributed by atoms with Crippen molar-refractivity contribution in [3.05, 3.63) is 62.5 Å². The molecule has 128 valence electrons. The molecule has 1 aliphatic heterocycles. The molecule has 1 heterocycles. The van der Waals surface area contributed by atoms with Crippen molar-refractivity contribution in [2.45, 2.75) is 32.8 Å². The molecular weight excluding hydrogens is 322 g/mol. The van der Waals surface area contributed by atoms with Crippen LogP contribution in [0.25, 0.3) is 0 Å². The number of Topliss-reactive ketones (excluding diaryl/α,β-unsaturated/α-hetero) is 1. The van der Waals surface area contributed by atoms with Gasteiger partial charge in [0.25, 0.3) is 5.69 Å². The van der Waals surface area contributed by atoms with Gasteiger partial charge in [-0.2, -0.15) is 5.26 Å². The highest BCUT2D eigenvalue weighted by molar-refractivity contribution is 6.01. The number of nitrogens with zero attached hydrogens (tertiary/aromatic N) is 2. The number of nitriles is 1. The first kappa shape index (κ1) is 16.7. The van der Waals surface area contributed by atoms with E-state index in [0.717, 1.165) is 0 Å². The van der Waals surface area contributed by atoms with E-state index in [9.17, 15) is 20.2 Å². The quantitative estimate of drug-likeness (QED) is 0.653. The van der Waals surface area contributed by atoms with Crippen molar-refractivity contribution in [1.29, 1.82) is 5.26 Å². The number of carbonyl (C=O) groups excluding carboxylic acids is 1. The molecule has 2 aliphatic rings. The maximum atomic E-state index is 12.5. The third-order valence-corrected chi connectivity index (χ3v) is 4.45. The third kappa shape index (κ3) is 2.76. The minimum Gasteiger partial charge on any atom is -0.483 e. The first-order valence-corrected chi connectivity index (χ1v) is 7.81. The highest BCUT2D eigenvalue weighted by Crippen LogP contribution is 2.47. The molecule has 1 aromatic carbocycles. The van der Waals surface area contributed by atoms with Gasteiger partial charge in [-0.15, -0.1) is 0 Å². The Hall–Kier alpha value is -3.14. The van der Waals surface area contributed by atoms with Crippen molar-refractivity contribution in [1.82, 2.24) is 0 Å². The zero-order valence-electron chi connectivity index (χ0n) is 13.9. The largest absolute Gasteiger partial charge is 0.483 e. The molecule has 7 nitrogen and oxygen atoms in total. The van der Waals surface area contributed by atoms with E-state index in [0.29, 0.717) is 18.6 Å². The Morgan fingerprint density at radius 3 is 2.68 bits per heavy atom. The second-order valence-corrected chi connectivity index (χ2v) is 6.99. The lowest BCUT2D eigenvalue weighted by molar-refractivity contribution is -0.386. The van der Waals surface area contributed by atoms with Gasteiger partial charge in [-0.25, -0.2) is 0 Å². The SMILES string of the molecule is CC1(C)CC(=O)C2=C(C1)O[C@H](c1ccccc1[N+](=O)[O-])C(C#N)=C2N. The molecule has 0 unspecified atom stereocenters. The molecule has 1 aliphatic carbocycles. The van der Waals surface area contributed by atoms with Crippen LogP contribution in [0.15, 0.2) is 46.9 Å². The van der Waals surface area contributed by atoms with Gasteiger partial charge in [0.2, 0.25) is 0 Å². The molecule has 0 bridgehead atoms. The maximum Gasteiger partial charge on any atom is 0.276 e. The van der Waals surface area contributed by atoms with E-state index in [1.165, 1.54) is 12.1 Å². The molecule has 0 spiro atoms. The molecular formula is C18H17N3O4. The summed E-state index contributed by atoms with van der Waals surface area (Å²) in [6, 6.07) is 8.03. The Balaban J connectivity index is 2.16. The summed E-state index contributed by atoms with van der Waals surface area (Å²) in [6.07, 6.45) is -0.206. The Kier molecular flexibility index (Phi) is 3.84. The predicted molar refractivity (Wildman–Crippen MR) is 88.8 cm³/mol. The first-order chi connectivity index (χ1) is 11.7. The standard InChI is InChI=1S/C18H17N3O4/c1-18(2)7-13(22)15-14(8-18)25-17(11(9-19)16(15)20)10-5-3-4-6-12(10)21(23)24/h3-6,17H,7-8,20H2,1-2H3/t17-/m1/s1. The summed E-state index contributed by atoms with van der Waals surface area (Å²) in [5, 5.41) is 20.9. The average Bonchev–Trinajstić information content (AvgIpc) is 2.52. The molecule has 2 N–H and O–H groups in total. The Bertz CT molecular complexity index is 890. The molecule has 3 rings (SSSR count). The van der Waals surface area contributed by atoms with Crippen LogP contribution in [0.1, 0.15) is 38.4 Å². The summed E-state index contributed by atoms with van der Waals surface area (Å²) < 4.78 is 5.94. The van der Waals surface area contributed by atoms with Gasteiger partial charge >= 0.3 is 0 Å². The number of ketones is 1. The van der Waals surface area contributed by atoms with Crippen LogP contribution in [0.4, 0.5) is 5.69 Å². The molecule has 0 saturated carbocycles. The number of carbonyl (C=O) groups is 1. The minimum absolute atomic E-state index is 0.0288. The molecule has 25 heavy (non-hydrogen) atoms. The summed E-state index contributed by atoms with van der Waals surface area (Å²) in [5.74, 6) is 0.235. The second kappa shape index (κ2) is 5.74. The summed E-state index contributed by atoms with van der Waals surface area (Å²) in [5.41, 5.74) is 6.23. The van der Waals surface area contributed by atoms with Crippen LogP contribution in [0.3, 0.4) is 0 Å². The fourth-order valence-electron chi connectivity index (χ4n) is 3.36. The number of hydrogen-bond donors (Lipinski definition) is 1.